The van der Waals surface area contributed by atoms with Crippen molar-refractivity contribution < 1.29 is 161 Å². The molecule has 0 atom stereocenters. The summed E-state index contributed by atoms with van der Waals surface area (Å²) in [7, 11) is 0. The second kappa shape index (κ2) is 97.5. The van der Waals surface area contributed by atoms with Crippen LogP contribution in [-0.2, 0) is 11.0 Å². The van der Waals surface area contributed by atoms with Gasteiger partial charge in [0.05, 0.1) is 0 Å². The molecule has 3 N–H and O–H groups in total. The Hall–Kier alpha value is -17.8. The largest absolute Gasteiger partial charge is 0 e. The average Bonchev–Trinajstić information content (AvgIpc) is 0.694. The van der Waals surface area contributed by atoms with Gasteiger partial charge in [-0.05, 0) is 449 Å². The molecule has 1 aromatic rings. The van der Waals surface area contributed by atoms with Crippen LogP contribution in [0.2, 0.25) is 0 Å². The zero-order valence-electron chi connectivity index (χ0n) is 79.0. The van der Waals surface area contributed by atoms with Gasteiger partial charge in [-0.3, -0.25) is 0 Å². The monoisotopic (exact) mass is 1820 g/mol. The third-order valence-corrected chi connectivity index (χ3v) is 16.2. The minimum Gasteiger partial charge on any atom is 0 e. The molecule has 0 saturated carbocycles. The smallest absolute Gasteiger partial charge is 0 e. The van der Waals surface area contributed by atoms with Gasteiger partial charge >= 0.3 is 12.8 Å². The van der Waals surface area contributed by atoms with E-state index in [2.05, 4.69) is 547 Å². The van der Waals surface area contributed by atoms with Crippen molar-refractivity contribution in [2.24, 2.45) is 27.1 Å². The molecule has 1 heterocycles. The SMILES string of the molecule is C#CC.C#CC#CC.C#CC#CC#C.C#CC#CC#CC.C#CC#CC#CC#CC.C#CC#CC#CC#CC#C.C#CC#CC#CC#CC#CC.C#CC#CC#CC#CC#CC#CC.CC#CC.CC#CC#CC#CC.CC#CC#CC#CC#CC#CC.Cc1c(C)c(C)[n+](C(C)(C)C(C)(C)C(C)(C)C(C)(C)C(C)(C)C(C)(C)C)c(C)c1C(C)(C)C.N.[C+]#C.[HH].[HH].[HH].[HH].[HH].[HH].[HH].[HH].[HH].[HH].[HH].[HH].[HH].[HH].[HH].[HH].[HH].[HH].[HH].[HH].[HH].[HH].[HH].[HH].[HH].[HH].[HH].[HH].[HH].[HH].[HH].[HH].[HH].[HH].[HH].[HH].[HH].[HH].[HH].[HH].[HH].[HH].[HH].[HH].[HH].[HH].[HH].[HH].[HH].[HH].[HH].[HH].[HH].[HH].[HH].[HH].[HH].[HH].[HH].[HH].[HH].[HH].[HH].[HH].[HH].[HH].[HH].[HH].[HH].[HH].[HH].[HH].[HH].[HH].[HH].[HH].[HH].[HH].[HH].[HH].[HH].[HH].[HH].[HH].[HH].[HH].[HH].[HH].[HH].[HH].[HH].[HH].[HH].[HH].[HH].[HH].[HH].[HH].[HH].[HH].[HH].[HH].[HH].[HH].[HH].[HH].[HH].[HH].[HH].[HH]. The second-order valence-corrected chi connectivity index (χ2v) is 25.7. The van der Waals surface area contributed by atoms with Crippen LogP contribution in [0.3, 0.4) is 0 Å². The fourth-order valence-electron chi connectivity index (χ4n) is 8.49. The predicted octanol–water partition coefficient (Wildman–Crippen LogP) is 44.3. The Bertz CT molecular complexity index is 6290. The Labute approximate surface area is 924 Å². The second-order valence-electron chi connectivity index (χ2n) is 25.7. The van der Waals surface area contributed by atoms with E-state index in [0.29, 0.717) is 0 Å². The van der Waals surface area contributed by atoms with Gasteiger partial charge in [-0.1, -0.05) is 150 Å². The van der Waals surface area contributed by atoms with Crippen LogP contribution in [0.25, 0.3) is 0 Å². The average molecular weight is 1830 g/mol. The molecule has 0 saturated heterocycles. The fourth-order valence-corrected chi connectivity index (χ4v) is 8.49. The Morgan fingerprint density at radius 2 is 0.363 bits per heavy atom. The van der Waals surface area contributed by atoms with Crippen molar-refractivity contribution in [1.29, 1.82) is 0 Å². The summed E-state index contributed by atoms with van der Waals surface area (Å²) in [5.74, 6) is 161. The zero-order chi connectivity index (χ0) is 97.6. The van der Waals surface area contributed by atoms with E-state index in [4.69, 9.17) is 64.2 Å². The molecule has 0 aliphatic rings. The molecule has 0 fully saturated rings. The minimum atomic E-state index is -0.0889. The molecule has 0 amide bonds. The number of terminal acetylenes is 11. The van der Waals surface area contributed by atoms with E-state index in [1.165, 1.54) is 28.1 Å². The van der Waals surface area contributed by atoms with E-state index in [-0.39, 0.29) is 201 Å². The van der Waals surface area contributed by atoms with Crippen LogP contribution in [0, 0.1) is 523 Å². The molecule has 1 aromatic heterocycles. The topological polar surface area (TPSA) is 38.9 Å². The summed E-state index contributed by atoms with van der Waals surface area (Å²) in [6.45, 7) is 69.4. The molecular weight excluding hydrogens is 1490 g/mol. The summed E-state index contributed by atoms with van der Waals surface area (Å²) in [6, 6.07) is 0. The van der Waals surface area contributed by atoms with E-state index in [0.717, 1.165) is 0 Å². The van der Waals surface area contributed by atoms with Gasteiger partial charge in [-0.2, -0.15) is 4.57 Å². The van der Waals surface area contributed by atoms with Crippen molar-refractivity contribution in [2.75, 3.05) is 0 Å². The summed E-state index contributed by atoms with van der Waals surface area (Å²) in [6.07, 6.45) is 56.6. The Morgan fingerprint density at radius 3 is 0.508 bits per heavy atom. The normalized spacial score (nSPS) is 6.60. The molecule has 0 radical (unpaired) electrons. The molecule has 1 rings (SSSR count). The van der Waals surface area contributed by atoms with E-state index >= 15 is 0 Å². The Balaban J connectivity index is -0.00000000469. The van der Waals surface area contributed by atoms with Gasteiger partial charge in [0.25, 0.3) is 0 Å². The van der Waals surface area contributed by atoms with E-state index < -0.39 is 0 Å². The third-order valence-electron chi connectivity index (χ3n) is 16.2. The van der Waals surface area contributed by atoms with Crippen LogP contribution < -0.4 is 10.7 Å². The summed E-state index contributed by atoms with van der Waals surface area (Å²) in [5, 5.41) is 0. The molecule has 0 aliphatic heterocycles. The molecule has 0 aliphatic carbocycles. The van der Waals surface area contributed by atoms with Crippen molar-refractivity contribution in [3.8, 4) is 461 Å². The molecule has 0 aromatic carbocycles. The van der Waals surface area contributed by atoms with Gasteiger partial charge in [-0.15, -0.1) is 82.0 Å². The summed E-state index contributed by atoms with van der Waals surface area (Å²) >= 11 is 0. The summed E-state index contributed by atoms with van der Waals surface area (Å²) < 4.78 is 2.69. The summed E-state index contributed by atoms with van der Waals surface area (Å²) in [5.41, 5.74) is 7.72. The van der Waals surface area contributed by atoms with Crippen LogP contribution in [0.1, 0.15) is 379 Å². The standard InChI is InChI=1S/C32H60N.C13H4.C12H6.C11H4.C10H2.C9H4.C8H6.C7H4.C6H2.C5H4.C4H6.C3H4.C2H.H3N.110H2/c1-21-22(2)25(26(5,6)7)24(4)33(23(21)3)32(19,20)31(17,18)30(15,16)29(13,14)28(11,12)27(8,9)10;1-3-5-7-9-11-13-12-10-8-6-4-2;1-3-5-7-9-11-12-10-8-6-4-2;1-3-5-7-9-11-10-8-6-4-2;1-3-5-7-9-10-8-6-4-2;1-3-5-7-9-8-6-4-2;1-3-5-7-8-6-4-2;1-3-5-7-6-4-2;1-3-5-6-4-2;1-3-5-4-2;1-3-4-2;1-3-2;1-2;;;;;;;;;;;;;;;;;;;;;;;;;;;;;;;;;;;;;;;;;;;;;;;;;;;;;;;;;;;;;;;;;;;;;;;;;;;;;;;;;;;;;;;;;;;;;;;;;;;;;;;;;;;;;;;/h1-20H3;1H,2H3;1-2H3;1H,2H3;1-2H;1H,2H3;1-2H3;1H,2H3;1-2H;1H,2H3;1-2H3;1H,2H3;1H;1H3;110*1H/q+1;;;;;;;;;;;;+1;;;;;;;;;;;;;;;;;;;;;;;;;;;;;;;;;;;;;;;;;;;;;;;;;;;;;;;;;;;;;;;;;;;;;;;;;;;;;;;;;;;;;;;;;;;;;;;;;;;;;;;;;;;;;;;. The first-order valence-corrected chi connectivity index (χ1v) is 36.1. The van der Waals surface area contributed by atoms with Gasteiger partial charge in [0, 0.05) is 201 Å². The van der Waals surface area contributed by atoms with Gasteiger partial charge < -0.3 is 6.15 Å². The van der Waals surface area contributed by atoms with Crippen molar-refractivity contribution in [3.05, 3.63) is 34.5 Å². The molecular formula is C122H330N2+2. The number of pyridine rings is 1. The molecule has 826 valence electrons. The van der Waals surface area contributed by atoms with Crippen molar-refractivity contribution in [3.63, 3.8) is 0 Å². The van der Waals surface area contributed by atoms with E-state index in [1.54, 1.807) is 69.2 Å². The van der Waals surface area contributed by atoms with Crippen LogP contribution in [0.4, 0.5) is 0 Å². The maximum Gasteiger partial charge on any atom is 0 e. The quantitative estimate of drug-likeness (QED) is 0.178. The van der Waals surface area contributed by atoms with E-state index in [1.807, 2.05) is 13.8 Å². The van der Waals surface area contributed by atoms with Crippen molar-refractivity contribution in [1.82, 2.24) is 6.15 Å². The first kappa shape index (κ1) is 135. The first-order chi connectivity index (χ1) is 58.2. The van der Waals surface area contributed by atoms with Gasteiger partial charge in [0.1, 0.15) is 0 Å². The molecule has 2 heteroatoms. The van der Waals surface area contributed by atoms with Crippen LogP contribution in [0.15, 0.2) is 0 Å². The number of rotatable bonds is 5. The first-order valence-electron chi connectivity index (χ1n) is 36.1. The van der Waals surface area contributed by atoms with Crippen molar-refractivity contribution >= 4 is 0 Å². The third kappa shape index (κ3) is 79.4. The van der Waals surface area contributed by atoms with Gasteiger partial charge in [0.2, 0.25) is 0 Å². The Kier molecular flexibility index (Phi) is 106. The van der Waals surface area contributed by atoms with Crippen LogP contribution in [-0.4, -0.2) is 0 Å². The number of hydrogen-bond donors (Lipinski definition) is 1. The van der Waals surface area contributed by atoms with Gasteiger partial charge in [0.15, 0.2) is 16.9 Å². The fraction of sp³-hybridized carbons (Fsp3) is 0.320. The molecule has 0 spiro atoms. The maximum atomic E-state index is 5.25. The molecule has 124 heavy (non-hydrogen) atoms. The Morgan fingerprint density at radius 1 is 0.210 bits per heavy atom. The number of aromatic nitrogens is 1. The molecule has 2 nitrogen and oxygen atoms in total. The van der Waals surface area contributed by atoms with Crippen molar-refractivity contribution in [2.45, 2.75) is 233 Å². The minimum absolute atomic E-state index is 0. The number of hydrogen-bond acceptors (Lipinski definition) is 1. The zero-order valence-corrected chi connectivity index (χ0v) is 79.0. The molecule has 0 unspecified atom stereocenters. The summed E-state index contributed by atoms with van der Waals surface area (Å²) in [4.78, 5) is 0. The van der Waals surface area contributed by atoms with Crippen LogP contribution >= 0.6 is 0 Å². The van der Waals surface area contributed by atoms with E-state index in [9.17, 15) is 0 Å². The predicted molar refractivity (Wildman–Crippen MR) is 768 cm³/mol. The van der Waals surface area contributed by atoms with Gasteiger partial charge in [-0.25, -0.2) is 0 Å². The van der Waals surface area contributed by atoms with Crippen LogP contribution in [0.5, 0.6) is 0 Å². The molecule has 0 bridgehead atoms. The maximum absolute atomic E-state index is 5.25. The number of nitrogens with zero attached hydrogens (tertiary/aromatic N) is 1.